The predicted molar refractivity (Wildman–Crippen MR) is 74.0 cm³/mol. The van der Waals surface area contributed by atoms with Gasteiger partial charge in [-0.25, -0.2) is 0 Å². The van der Waals surface area contributed by atoms with Crippen molar-refractivity contribution in [3.63, 3.8) is 0 Å². The van der Waals surface area contributed by atoms with E-state index in [0.717, 1.165) is 37.2 Å². The van der Waals surface area contributed by atoms with Gasteiger partial charge in [-0.3, -0.25) is 4.79 Å². The maximum absolute atomic E-state index is 11.9. The number of nitrogens with one attached hydrogen (secondary N) is 2. The highest BCUT2D eigenvalue weighted by Gasteiger charge is 2.11. The van der Waals surface area contributed by atoms with Gasteiger partial charge in [0, 0.05) is 30.1 Å². The van der Waals surface area contributed by atoms with Crippen molar-refractivity contribution in [2.45, 2.75) is 12.8 Å². The highest BCUT2D eigenvalue weighted by atomic mass is 32.2. The molecule has 0 radical (unpaired) electrons. The molecule has 1 aliphatic rings. The Kier molecular flexibility index (Phi) is 4.31. The first-order valence-electron chi connectivity index (χ1n) is 5.95. The predicted octanol–water partition coefficient (Wildman–Crippen LogP) is 2.14. The van der Waals surface area contributed by atoms with Crippen LogP contribution in [-0.2, 0) is 6.42 Å². The van der Waals surface area contributed by atoms with Gasteiger partial charge in [-0.1, -0.05) is 0 Å². The normalized spacial score (nSPS) is 13.7. The number of fused-ring (bicyclic) bond motifs is 1. The van der Waals surface area contributed by atoms with Crippen LogP contribution in [0.3, 0.4) is 0 Å². The van der Waals surface area contributed by atoms with Crippen molar-refractivity contribution in [2.75, 3.05) is 30.4 Å². The summed E-state index contributed by atoms with van der Waals surface area (Å²) in [6.45, 7) is 1.77. The molecule has 0 aliphatic carbocycles. The summed E-state index contributed by atoms with van der Waals surface area (Å²) in [6, 6.07) is 5.92. The van der Waals surface area contributed by atoms with Crippen molar-refractivity contribution in [1.29, 1.82) is 0 Å². The molecule has 2 N–H and O–H groups in total. The summed E-state index contributed by atoms with van der Waals surface area (Å²) in [6.07, 6.45) is 4.25. The Morgan fingerprint density at radius 3 is 3.24 bits per heavy atom. The van der Waals surface area contributed by atoms with Crippen LogP contribution in [-0.4, -0.2) is 31.0 Å². The molecular weight excluding hydrogens is 232 g/mol. The SMILES string of the molecule is CSCCNC(=O)c1ccc2c(c1)CCCN2. The summed E-state index contributed by atoms with van der Waals surface area (Å²) in [5.74, 6) is 0.991. The first-order chi connectivity index (χ1) is 8.31. The molecular formula is C13H18N2OS. The molecule has 1 aromatic rings. The monoisotopic (exact) mass is 250 g/mol. The zero-order valence-corrected chi connectivity index (χ0v) is 10.9. The van der Waals surface area contributed by atoms with E-state index >= 15 is 0 Å². The van der Waals surface area contributed by atoms with E-state index in [2.05, 4.69) is 10.6 Å². The number of anilines is 1. The van der Waals surface area contributed by atoms with Gasteiger partial charge in [0.15, 0.2) is 0 Å². The van der Waals surface area contributed by atoms with Crippen molar-refractivity contribution in [3.8, 4) is 0 Å². The van der Waals surface area contributed by atoms with Crippen LogP contribution in [0.5, 0.6) is 0 Å². The van der Waals surface area contributed by atoms with E-state index in [0.29, 0.717) is 0 Å². The third-order valence-corrected chi connectivity index (χ3v) is 3.51. The van der Waals surface area contributed by atoms with Crippen LogP contribution in [0, 0.1) is 0 Å². The van der Waals surface area contributed by atoms with E-state index < -0.39 is 0 Å². The minimum atomic E-state index is 0.0347. The van der Waals surface area contributed by atoms with Gasteiger partial charge in [-0.15, -0.1) is 0 Å². The number of thioether (sulfide) groups is 1. The summed E-state index contributed by atoms with van der Waals surface area (Å²) in [7, 11) is 0. The van der Waals surface area contributed by atoms with Crippen LogP contribution in [0.15, 0.2) is 18.2 Å². The van der Waals surface area contributed by atoms with Gasteiger partial charge < -0.3 is 10.6 Å². The lowest BCUT2D eigenvalue weighted by atomic mass is 10.0. The summed E-state index contributed by atoms with van der Waals surface area (Å²) in [4.78, 5) is 11.9. The van der Waals surface area contributed by atoms with Crippen LogP contribution in [0.4, 0.5) is 5.69 Å². The summed E-state index contributed by atoms with van der Waals surface area (Å²) in [5.41, 5.74) is 3.21. The summed E-state index contributed by atoms with van der Waals surface area (Å²) < 4.78 is 0. The number of benzene rings is 1. The molecule has 0 saturated heterocycles. The summed E-state index contributed by atoms with van der Waals surface area (Å²) in [5, 5.41) is 6.27. The molecule has 17 heavy (non-hydrogen) atoms. The second-order valence-corrected chi connectivity index (χ2v) is 5.14. The Hall–Kier alpha value is -1.16. The van der Waals surface area contributed by atoms with Gasteiger partial charge in [-0.2, -0.15) is 11.8 Å². The van der Waals surface area contributed by atoms with Crippen LogP contribution in [0.25, 0.3) is 0 Å². The smallest absolute Gasteiger partial charge is 0.251 e. The molecule has 0 atom stereocenters. The zero-order valence-electron chi connectivity index (χ0n) is 10.1. The Balaban J connectivity index is 2.03. The fraction of sp³-hybridized carbons (Fsp3) is 0.462. The Labute approximate surface area is 106 Å². The highest BCUT2D eigenvalue weighted by molar-refractivity contribution is 7.98. The third-order valence-electron chi connectivity index (χ3n) is 2.90. The molecule has 4 heteroatoms. The molecule has 1 amide bonds. The molecule has 0 bridgehead atoms. The van der Waals surface area contributed by atoms with Crippen molar-refractivity contribution in [1.82, 2.24) is 5.32 Å². The summed E-state index contributed by atoms with van der Waals surface area (Å²) >= 11 is 1.74. The molecule has 1 heterocycles. The lowest BCUT2D eigenvalue weighted by Crippen LogP contribution is -2.26. The van der Waals surface area contributed by atoms with Crippen LogP contribution < -0.4 is 10.6 Å². The largest absolute Gasteiger partial charge is 0.385 e. The van der Waals surface area contributed by atoms with E-state index in [1.165, 1.54) is 11.3 Å². The molecule has 92 valence electrons. The van der Waals surface area contributed by atoms with Crippen LogP contribution in [0.1, 0.15) is 22.3 Å². The molecule has 0 saturated carbocycles. The second kappa shape index (κ2) is 5.96. The molecule has 3 nitrogen and oxygen atoms in total. The fourth-order valence-corrected chi connectivity index (χ4v) is 2.29. The number of hydrogen-bond donors (Lipinski definition) is 2. The van der Waals surface area contributed by atoms with E-state index in [9.17, 15) is 4.79 Å². The van der Waals surface area contributed by atoms with Gasteiger partial charge >= 0.3 is 0 Å². The molecule has 1 aromatic carbocycles. The molecule has 2 rings (SSSR count). The standard InChI is InChI=1S/C13H18N2OS/c1-17-8-7-15-13(16)11-4-5-12-10(9-11)3-2-6-14-12/h4-5,9,14H,2-3,6-8H2,1H3,(H,15,16). The van der Waals surface area contributed by atoms with Gasteiger partial charge in [0.2, 0.25) is 0 Å². The lowest BCUT2D eigenvalue weighted by Gasteiger charge is -2.18. The Morgan fingerprint density at radius 1 is 1.53 bits per heavy atom. The van der Waals surface area contributed by atoms with E-state index in [4.69, 9.17) is 0 Å². The van der Waals surface area contributed by atoms with Gasteiger partial charge in [0.05, 0.1) is 0 Å². The maximum Gasteiger partial charge on any atom is 0.251 e. The fourth-order valence-electron chi connectivity index (χ4n) is 1.98. The number of aryl methyl sites for hydroxylation is 1. The highest BCUT2D eigenvalue weighted by Crippen LogP contribution is 2.22. The van der Waals surface area contributed by atoms with E-state index in [-0.39, 0.29) is 5.91 Å². The molecule has 1 aliphatic heterocycles. The maximum atomic E-state index is 11.9. The first kappa shape index (κ1) is 12.3. The average molecular weight is 250 g/mol. The third kappa shape index (κ3) is 3.16. The number of hydrogen-bond acceptors (Lipinski definition) is 3. The van der Waals surface area contributed by atoms with E-state index in [1.807, 2.05) is 24.5 Å². The van der Waals surface area contributed by atoms with Crippen LogP contribution in [0.2, 0.25) is 0 Å². The average Bonchev–Trinajstić information content (AvgIpc) is 2.38. The number of amides is 1. The molecule has 0 spiro atoms. The Bertz CT molecular complexity index is 406. The molecule has 0 aromatic heterocycles. The lowest BCUT2D eigenvalue weighted by molar-refractivity contribution is 0.0956. The molecule has 0 fully saturated rings. The number of carbonyl (C=O) groups is 1. The minimum absolute atomic E-state index is 0.0347. The van der Waals surface area contributed by atoms with Crippen molar-refractivity contribution in [3.05, 3.63) is 29.3 Å². The van der Waals surface area contributed by atoms with Gasteiger partial charge in [-0.05, 0) is 42.9 Å². The number of carbonyl (C=O) groups excluding carboxylic acids is 1. The first-order valence-corrected chi connectivity index (χ1v) is 7.34. The molecule has 0 unspecified atom stereocenters. The second-order valence-electron chi connectivity index (χ2n) is 4.15. The minimum Gasteiger partial charge on any atom is -0.385 e. The van der Waals surface area contributed by atoms with Crippen molar-refractivity contribution < 1.29 is 4.79 Å². The van der Waals surface area contributed by atoms with Crippen molar-refractivity contribution >= 4 is 23.4 Å². The van der Waals surface area contributed by atoms with Gasteiger partial charge in [0.25, 0.3) is 5.91 Å². The Morgan fingerprint density at radius 2 is 2.41 bits per heavy atom. The van der Waals surface area contributed by atoms with E-state index in [1.54, 1.807) is 11.8 Å². The van der Waals surface area contributed by atoms with Crippen molar-refractivity contribution in [2.24, 2.45) is 0 Å². The van der Waals surface area contributed by atoms with Gasteiger partial charge in [0.1, 0.15) is 0 Å². The quantitative estimate of drug-likeness (QED) is 0.804. The topological polar surface area (TPSA) is 41.1 Å². The van der Waals surface area contributed by atoms with Crippen LogP contribution >= 0.6 is 11.8 Å². The number of rotatable bonds is 4. The zero-order chi connectivity index (χ0) is 12.1.